The molecule has 1 aromatic carbocycles. The highest BCUT2D eigenvalue weighted by molar-refractivity contribution is 5.64. The van der Waals surface area contributed by atoms with Gasteiger partial charge in [-0.1, -0.05) is 30.3 Å². The van der Waals surface area contributed by atoms with Crippen LogP contribution in [0.5, 0.6) is 0 Å². The molecule has 0 saturated carbocycles. The number of fused-ring (bicyclic) bond motifs is 1. The number of piperidine rings is 1. The maximum Gasteiger partial charge on any atom is 0.222 e. The lowest BCUT2D eigenvalue weighted by Crippen LogP contribution is -2.42. The molecule has 2 fully saturated rings. The third kappa shape index (κ3) is 2.77. The van der Waals surface area contributed by atoms with Crippen molar-refractivity contribution in [3.05, 3.63) is 36.4 Å². The first-order valence-corrected chi connectivity index (χ1v) is 8.36. The van der Waals surface area contributed by atoms with Gasteiger partial charge in [-0.15, -0.1) is 0 Å². The third-order valence-corrected chi connectivity index (χ3v) is 5.18. The van der Waals surface area contributed by atoms with E-state index in [0.717, 1.165) is 36.1 Å². The van der Waals surface area contributed by atoms with E-state index in [-0.39, 0.29) is 0 Å². The highest BCUT2D eigenvalue weighted by Gasteiger charge is 2.38. The Morgan fingerprint density at radius 2 is 1.96 bits per heavy atom. The molecule has 1 aromatic heterocycles. The molecule has 0 amide bonds. The van der Waals surface area contributed by atoms with Crippen LogP contribution in [-0.4, -0.2) is 47.6 Å². The normalized spacial score (nSPS) is 24.7. The number of hydrogen-bond donors (Lipinski definition) is 1. The Bertz CT molecular complexity index is 687. The highest BCUT2D eigenvalue weighted by atomic mass is 15.3. The van der Waals surface area contributed by atoms with Crippen molar-refractivity contribution >= 4 is 11.8 Å². The number of nitrogens with zero attached hydrogens (tertiary/aromatic N) is 4. The van der Waals surface area contributed by atoms with E-state index in [9.17, 15) is 0 Å². The topological polar surface area (TPSA) is 58.3 Å². The molecule has 0 unspecified atom stereocenters. The Labute approximate surface area is 137 Å². The molecule has 0 bridgehead atoms. The molecule has 2 saturated heterocycles. The molecule has 23 heavy (non-hydrogen) atoms. The van der Waals surface area contributed by atoms with Gasteiger partial charge in [-0.2, -0.15) is 4.98 Å². The predicted octanol–water partition coefficient (Wildman–Crippen LogP) is 2.26. The number of aromatic nitrogens is 2. The zero-order valence-corrected chi connectivity index (χ0v) is 13.5. The molecule has 0 aliphatic carbocycles. The number of nitrogens with two attached hydrogens (primary N) is 1. The van der Waals surface area contributed by atoms with Gasteiger partial charge in [0.1, 0.15) is 5.82 Å². The molecule has 5 heteroatoms. The quantitative estimate of drug-likeness (QED) is 0.922. The Balaban J connectivity index is 1.64. The molecule has 0 spiro atoms. The van der Waals surface area contributed by atoms with E-state index in [1.54, 1.807) is 0 Å². The molecule has 3 heterocycles. The monoisotopic (exact) mass is 309 g/mol. The van der Waals surface area contributed by atoms with E-state index in [1.165, 1.54) is 19.4 Å². The van der Waals surface area contributed by atoms with Crippen molar-refractivity contribution < 1.29 is 0 Å². The number of nitrogen functional groups attached to an aromatic ring is 1. The smallest absolute Gasteiger partial charge is 0.222 e. The molecule has 5 nitrogen and oxygen atoms in total. The fraction of sp³-hybridized carbons (Fsp3) is 0.444. The second-order valence-electron chi connectivity index (χ2n) is 6.69. The van der Waals surface area contributed by atoms with Gasteiger partial charge in [0, 0.05) is 30.8 Å². The molecule has 2 N–H and O–H groups in total. The third-order valence-electron chi connectivity index (χ3n) is 5.18. The van der Waals surface area contributed by atoms with Crippen LogP contribution in [0.4, 0.5) is 11.8 Å². The van der Waals surface area contributed by atoms with Crippen LogP contribution < -0.4 is 10.6 Å². The van der Waals surface area contributed by atoms with E-state index >= 15 is 0 Å². The molecule has 2 aliphatic rings. The maximum atomic E-state index is 5.98. The number of likely N-dealkylation sites (N-methyl/N-ethyl adjacent to an activating group) is 1. The van der Waals surface area contributed by atoms with Crippen LogP contribution in [0.2, 0.25) is 0 Å². The summed E-state index contributed by atoms with van der Waals surface area (Å²) in [6.45, 7) is 3.31. The molecule has 2 aliphatic heterocycles. The lowest BCUT2D eigenvalue weighted by molar-refractivity contribution is 0.158. The van der Waals surface area contributed by atoms with Gasteiger partial charge in [0.25, 0.3) is 0 Å². The van der Waals surface area contributed by atoms with Crippen molar-refractivity contribution in [3.8, 4) is 11.3 Å². The SMILES string of the molecule is CN1CCC[C@@H]2CN(c3cc(-c4ccccc4)nc(N)n3)C[C@@H]21. The fourth-order valence-electron chi connectivity index (χ4n) is 3.96. The zero-order valence-electron chi connectivity index (χ0n) is 13.5. The first-order valence-electron chi connectivity index (χ1n) is 8.36. The van der Waals surface area contributed by atoms with Crippen molar-refractivity contribution in [2.24, 2.45) is 5.92 Å². The van der Waals surface area contributed by atoms with E-state index in [1.807, 2.05) is 18.2 Å². The molecule has 4 rings (SSSR count). The Kier molecular flexibility index (Phi) is 3.65. The second kappa shape index (κ2) is 5.81. The summed E-state index contributed by atoms with van der Waals surface area (Å²) in [6, 6.07) is 12.9. The van der Waals surface area contributed by atoms with E-state index in [4.69, 9.17) is 5.73 Å². The van der Waals surface area contributed by atoms with Crippen molar-refractivity contribution in [2.45, 2.75) is 18.9 Å². The van der Waals surface area contributed by atoms with Crippen LogP contribution in [0.15, 0.2) is 36.4 Å². The van der Waals surface area contributed by atoms with Crippen molar-refractivity contribution in [1.29, 1.82) is 0 Å². The van der Waals surface area contributed by atoms with E-state index in [2.05, 4.69) is 45.0 Å². The standard InChI is InChI=1S/C18H23N5/c1-22-9-5-8-14-11-23(12-16(14)22)17-10-15(20-18(19)21-17)13-6-3-2-4-7-13/h2-4,6-7,10,14,16H,5,8-9,11-12H2,1H3,(H2,19,20,21)/t14-,16+/m1/s1. The molecule has 0 radical (unpaired) electrons. The van der Waals surface area contributed by atoms with Gasteiger partial charge >= 0.3 is 0 Å². The summed E-state index contributed by atoms with van der Waals surface area (Å²) in [5.74, 6) is 2.05. The number of rotatable bonds is 2. The van der Waals surface area contributed by atoms with Gasteiger partial charge < -0.3 is 15.5 Å². The van der Waals surface area contributed by atoms with E-state index < -0.39 is 0 Å². The summed E-state index contributed by atoms with van der Waals surface area (Å²) in [4.78, 5) is 13.8. The van der Waals surface area contributed by atoms with Crippen LogP contribution in [0.1, 0.15) is 12.8 Å². The van der Waals surface area contributed by atoms with Gasteiger partial charge in [-0.3, -0.25) is 0 Å². The molecule has 2 aromatic rings. The average Bonchev–Trinajstić information content (AvgIpc) is 3.01. The van der Waals surface area contributed by atoms with E-state index in [0.29, 0.717) is 12.0 Å². The van der Waals surface area contributed by atoms with Gasteiger partial charge in [0.2, 0.25) is 5.95 Å². The highest BCUT2D eigenvalue weighted by Crippen LogP contribution is 2.33. The summed E-state index contributed by atoms with van der Waals surface area (Å²) in [5.41, 5.74) is 7.96. The lowest BCUT2D eigenvalue weighted by Gasteiger charge is -2.33. The Morgan fingerprint density at radius 1 is 1.13 bits per heavy atom. The summed E-state index contributed by atoms with van der Waals surface area (Å²) in [6.07, 6.45) is 2.62. The number of hydrogen-bond acceptors (Lipinski definition) is 5. The minimum Gasteiger partial charge on any atom is -0.368 e. The summed E-state index contributed by atoms with van der Waals surface area (Å²) < 4.78 is 0. The largest absolute Gasteiger partial charge is 0.368 e. The lowest BCUT2D eigenvalue weighted by atomic mass is 9.93. The summed E-state index contributed by atoms with van der Waals surface area (Å²) in [5, 5.41) is 0. The average molecular weight is 309 g/mol. The van der Waals surface area contributed by atoms with Gasteiger partial charge in [0.05, 0.1) is 5.69 Å². The number of benzene rings is 1. The minimum absolute atomic E-state index is 0.351. The van der Waals surface area contributed by atoms with Crippen molar-refractivity contribution in [3.63, 3.8) is 0 Å². The van der Waals surface area contributed by atoms with Gasteiger partial charge in [0.15, 0.2) is 0 Å². The first kappa shape index (κ1) is 14.5. The van der Waals surface area contributed by atoms with Gasteiger partial charge in [-0.05, 0) is 32.4 Å². The predicted molar refractivity (Wildman–Crippen MR) is 93.2 cm³/mol. The number of likely N-dealkylation sites (tertiary alicyclic amines) is 1. The van der Waals surface area contributed by atoms with Crippen LogP contribution in [0, 0.1) is 5.92 Å². The second-order valence-corrected chi connectivity index (χ2v) is 6.69. The van der Waals surface area contributed by atoms with Crippen LogP contribution in [0.25, 0.3) is 11.3 Å². The minimum atomic E-state index is 0.351. The van der Waals surface area contributed by atoms with Crippen LogP contribution in [-0.2, 0) is 0 Å². The Hall–Kier alpha value is -2.14. The first-order chi connectivity index (χ1) is 11.2. The molecular formula is C18H23N5. The molecular weight excluding hydrogens is 286 g/mol. The maximum absolute atomic E-state index is 5.98. The van der Waals surface area contributed by atoms with Crippen LogP contribution in [0.3, 0.4) is 0 Å². The van der Waals surface area contributed by atoms with Crippen molar-refractivity contribution in [1.82, 2.24) is 14.9 Å². The van der Waals surface area contributed by atoms with Crippen molar-refractivity contribution in [2.75, 3.05) is 37.3 Å². The zero-order chi connectivity index (χ0) is 15.8. The summed E-state index contributed by atoms with van der Waals surface area (Å²) in [7, 11) is 2.24. The molecule has 120 valence electrons. The van der Waals surface area contributed by atoms with Gasteiger partial charge in [-0.25, -0.2) is 4.98 Å². The Morgan fingerprint density at radius 3 is 2.74 bits per heavy atom. The summed E-state index contributed by atoms with van der Waals surface area (Å²) >= 11 is 0. The molecule has 2 atom stereocenters. The number of anilines is 2. The fourth-order valence-corrected chi connectivity index (χ4v) is 3.96. The van der Waals surface area contributed by atoms with Crippen LogP contribution >= 0.6 is 0 Å².